The maximum atomic E-state index is 12.6. The zero-order valence-electron chi connectivity index (χ0n) is 10.6. The minimum atomic E-state index is 0.226. The number of thiophene rings is 2. The van der Waals surface area contributed by atoms with Crippen molar-refractivity contribution in [1.29, 1.82) is 0 Å². The van der Waals surface area contributed by atoms with Crippen LogP contribution in [0, 0.1) is 5.92 Å². The third kappa shape index (κ3) is 2.00. The van der Waals surface area contributed by atoms with Crippen LogP contribution in [0.15, 0.2) is 17.5 Å². The molecule has 2 fully saturated rings. The van der Waals surface area contributed by atoms with Gasteiger partial charge in [-0.05, 0) is 42.8 Å². The first-order valence-corrected chi connectivity index (χ1v) is 8.50. The van der Waals surface area contributed by atoms with Crippen molar-refractivity contribution in [3.05, 3.63) is 22.4 Å². The second-order valence-corrected chi connectivity index (χ2v) is 7.46. The van der Waals surface area contributed by atoms with Gasteiger partial charge in [-0.2, -0.15) is 0 Å². The minimum absolute atomic E-state index is 0.226. The molecule has 2 aromatic heterocycles. The summed E-state index contributed by atoms with van der Waals surface area (Å²) >= 11 is 3.35. The summed E-state index contributed by atoms with van der Waals surface area (Å²) in [5.41, 5.74) is 0. The number of rotatable bonds is 1. The van der Waals surface area contributed by atoms with Crippen LogP contribution in [0.2, 0.25) is 0 Å². The Kier molecular flexibility index (Phi) is 2.86. The summed E-state index contributed by atoms with van der Waals surface area (Å²) in [6.45, 7) is 2.93. The quantitative estimate of drug-likeness (QED) is 0.876. The lowest BCUT2D eigenvalue weighted by molar-refractivity contribution is 0.0790. The molecule has 0 aromatic carbocycles. The molecule has 2 unspecified atom stereocenters. The molecular weight excluding hydrogens is 276 g/mol. The van der Waals surface area contributed by atoms with Crippen LogP contribution in [0.4, 0.5) is 0 Å². The van der Waals surface area contributed by atoms with Gasteiger partial charge >= 0.3 is 0 Å². The number of hydrogen-bond acceptors (Lipinski definition) is 4. The molecule has 5 heteroatoms. The Hall–Kier alpha value is -0.910. The van der Waals surface area contributed by atoms with Gasteiger partial charge in [-0.15, -0.1) is 22.7 Å². The molecule has 2 aliphatic heterocycles. The average Bonchev–Trinajstić information content (AvgIpc) is 3.10. The molecule has 19 heavy (non-hydrogen) atoms. The Morgan fingerprint density at radius 3 is 3.16 bits per heavy atom. The highest BCUT2D eigenvalue weighted by molar-refractivity contribution is 7.27. The Morgan fingerprint density at radius 1 is 1.37 bits per heavy atom. The first kappa shape index (κ1) is 11.9. The van der Waals surface area contributed by atoms with Crippen molar-refractivity contribution >= 4 is 38.0 Å². The fourth-order valence-electron chi connectivity index (χ4n) is 3.24. The predicted octanol–water partition coefficient (Wildman–Crippen LogP) is 2.79. The van der Waals surface area contributed by atoms with Crippen LogP contribution < -0.4 is 5.32 Å². The van der Waals surface area contributed by atoms with Gasteiger partial charge < -0.3 is 10.2 Å². The normalized spacial score (nSPS) is 26.8. The summed E-state index contributed by atoms with van der Waals surface area (Å²) in [5.74, 6) is 0.892. The predicted molar refractivity (Wildman–Crippen MR) is 80.1 cm³/mol. The third-order valence-corrected chi connectivity index (χ3v) is 6.32. The molecule has 4 heterocycles. The fraction of sp³-hybridized carbons (Fsp3) is 0.500. The molecule has 0 aliphatic carbocycles. The Bertz CT molecular complexity index is 575. The molecule has 0 radical (unpaired) electrons. The highest BCUT2D eigenvalue weighted by atomic mass is 32.1. The van der Waals surface area contributed by atoms with Crippen molar-refractivity contribution in [2.45, 2.75) is 18.9 Å². The Labute approximate surface area is 120 Å². The molecule has 3 nitrogen and oxygen atoms in total. The molecule has 2 saturated heterocycles. The lowest BCUT2D eigenvalue weighted by Crippen LogP contribution is -2.41. The van der Waals surface area contributed by atoms with Crippen LogP contribution in [-0.2, 0) is 0 Å². The molecule has 1 N–H and O–H groups in total. The monoisotopic (exact) mass is 292 g/mol. The first-order chi connectivity index (χ1) is 9.31. The lowest BCUT2D eigenvalue weighted by atomic mass is 9.94. The number of carbonyl (C=O) groups excluding carboxylic acids is 1. The van der Waals surface area contributed by atoms with Crippen LogP contribution in [0.25, 0.3) is 9.40 Å². The van der Waals surface area contributed by atoms with E-state index in [0.717, 1.165) is 24.5 Å². The molecule has 2 aliphatic rings. The summed E-state index contributed by atoms with van der Waals surface area (Å²) in [4.78, 5) is 15.5. The summed E-state index contributed by atoms with van der Waals surface area (Å²) in [6, 6.07) is 4.69. The minimum Gasteiger partial charge on any atom is -0.336 e. The van der Waals surface area contributed by atoms with Crippen LogP contribution in [-0.4, -0.2) is 36.5 Å². The number of nitrogens with one attached hydrogen (secondary N) is 1. The molecule has 1 amide bonds. The molecule has 100 valence electrons. The van der Waals surface area contributed by atoms with Crippen molar-refractivity contribution in [3.63, 3.8) is 0 Å². The standard InChI is InChI=1S/C14H16N2OS2/c17-14(13-6-12-11(19-13)3-5-18-12)16-7-9-2-1-4-15-10(9)8-16/h3,5-6,9-10,15H,1-2,4,7-8H2. The SMILES string of the molecule is O=C(c1cc2sccc2s1)N1CC2CCCNC2C1. The van der Waals surface area contributed by atoms with Crippen LogP contribution in [0.1, 0.15) is 22.5 Å². The Morgan fingerprint density at radius 2 is 2.32 bits per heavy atom. The van der Waals surface area contributed by atoms with Crippen molar-refractivity contribution < 1.29 is 4.79 Å². The molecular formula is C14H16N2OS2. The summed E-state index contributed by atoms with van der Waals surface area (Å²) < 4.78 is 2.48. The number of carbonyl (C=O) groups is 1. The van der Waals surface area contributed by atoms with Gasteiger partial charge in [-0.1, -0.05) is 0 Å². The second-order valence-electron chi connectivity index (χ2n) is 5.43. The molecule has 0 spiro atoms. The van der Waals surface area contributed by atoms with E-state index in [9.17, 15) is 4.79 Å². The van der Waals surface area contributed by atoms with Crippen LogP contribution in [0.3, 0.4) is 0 Å². The molecule has 2 aromatic rings. The van der Waals surface area contributed by atoms with Crippen molar-refractivity contribution in [3.8, 4) is 0 Å². The largest absolute Gasteiger partial charge is 0.336 e. The molecule has 0 bridgehead atoms. The summed E-state index contributed by atoms with van der Waals surface area (Å²) in [6.07, 6.45) is 2.51. The van der Waals surface area contributed by atoms with Crippen molar-refractivity contribution in [2.75, 3.05) is 19.6 Å². The number of fused-ring (bicyclic) bond motifs is 2. The number of likely N-dealkylation sites (tertiary alicyclic amines) is 1. The third-order valence-electron chi connectivity index (χ3n) is 4.24. The topological polar surface area (TPSA) is 32.3 Å². The van der Waals surface area contributed by atoms with E-state index in [1.165, 1.54) is 22.2 Å². The van der Waals surface area contributed by atoms with E-state index in [4.69, 9.17) is 0 Å². The molecule has 2 atom stereocenters. The van der Waals surface area contributed by atoms with E-state index >= 15 is 0 Å². The number of hydrogen-bond donors (Lipinski definition) is 1. The number of nitrogens with zero attached hydrogens (tertiary/aromatic N) is 1. The zero-order valence-corrected chi connectivity index (χ0v) is 12.2. The fourth-order valence-corrected chi connectivity index (χ4v) is 5.32. The summed E-state index contributed by atoms with van der Waals surface area (Å²) in [7, 11) is 0. The summed E-state index contributed by atoms with van der Waals surface area (Å²) in [5, 5.41) is 5.64. The van der Waals surface area contributed by atoms with Crippen LogP contribution >= 0.6 is 22.7 Å². The van der Waals surface area contributed by atoms with E-state index in [1.54, 1.807) is 22.7 Å². The highest BCUT2D eigenvalue weighted by Gasteiger charge is 2.36. The van der Waals surface area contributed by atoms with E-state index in [0.29, 0.717) is 12.0 Å². The van der Waals surface area contributed by atoms with E-state index in [1.807, 2.05) is 4.90 Å². The zero-order chi connectivity index (χ0) is 12.8. The van der Waals surface area contributed by atoms with Gasteiger partial charge in [0.15, 0.2) is 0 Å². The van der Waals surface area contributed by atoms with E-state index in [-0.39, 0.29) is 5.91 Å². The van der Waals surface area contributed by atoms with Gasteiger partial charge in [-0.25, -0.2) is 0 Å². The second kappa shape index (κ2) is 4.58. The van der Waals surface area contributed by atoms with Crippen molar-refractivity contribution in [2.24, 2.45) is 5.92 Å². The lowest BCUT2D eigenvalue weighted by Gasteiger charge is -2.24. The Balaban J connectivity index is 1.56. The number of piperidine rings is 1. The van der Waals surface area contributed by atoms with Crippen LogP contribution in [0.5, 0.6) is 0 Å². The van der Waals surface area contributed by atoms with Gasteiger partial charge in [-0.3, -0.25) is 4.79 Å². The first-order valence-electron chi connectivity index (χ1n) is 6.81. The van der Waals surface area contributed by atoms with E-state index in [2.05, 4.69) is 22.8 Å². The molecule has 0 saturated carbocycles. The van der Waals surface area contributed by atoms with Gasteiger partial charge in [0, 0.05) is 28.5 Å². The maximum absolute atomic E-state index is 12.6. The smallest absolute Gasteiger partial charge is 0.264 e. The van der Waals surface area contributed by atoms with Crippen molar-refractivity contribution in [1.82, 2.24) is 10.2 Å². The maximum Gasteiger partial charge on any atom is 0.264 e. The number of amides is 1. The average molecular weight is 292 g/mol. The van der Waals surface area contributed by atoms with Gasteiger partial charge in [0.05, 0.1) is 4.88 Å². The molecule has 4 rings (SSSR count). The van der Waals surface area contributed by atoms with Gasteiger partial charge in [0.1, 0.15) is 0 Å². The highest BCUT2D eigenvalue weighted by Crippen LogP contribution is 2.32. The van der Waals surface area contributed by atoms with Gasteiger partial charge in [0.2, 0.25) is 0 Å². The van der Waals surface area contributed by atoms with Gasteiger partial charge in [0.25, 0.3) is 5.91 Å². The van der Waals surface area contributed by atoms with E-state index < -0.39 is 0 Å².